The number of amides is 2. The normalized spacial score (nSPS) is 18.2. The van der Waals surface area contributed by atoms with Gasteiger partial charge in [-0.1, -0.05) is 24.3 Å². The molecule has 2 aliphatic rings. The van der Waals surface area contributed by atoms with Crippen molar-refractivity contribution in [2.75, 3.05) is 38.7 Å². The zero-order valence-electron chi connectivity index (χ0n) is 16.8. The number of fused-ring (bicyclic) bond motifs is 1. The summed E-state index contributed by atoms with van der Waals surface area (Å²) >= 11 is 0. The lowest BCUT2D eigenvalue weighted by Crippen LogP contribution is -2.33. The number of methoxy groups -OCH3 is 1. The van der Waals surface area contributed by atoms with Crippen molar-refractivity contribution in [3.8, 4) is 0 Å². The number of carbonyl (C=O) groups is 2. The van der Waals surface area contributed by atoms with E-state index in [9.17, 15) is 9.59 Å². The van der Waals surface area contributed by atoms with Gasteiger partial charge in [0.25, 0.3) is 11.8 Å². The fourth-order valence-corrected chi connectivity index (χ4v) is 4.14. The van der Waals surface area contributed by atoms with Crippen molar-refractivity contribution in [1.29, 1.82) is 0 Å². The van der Waals surface area contributed by atoms with Gasteiger partial charge in [-0.05, 0) is 43.5 Å². The van der Waals surface area contributed by atoms with Crippen LogP contribution in [0.1, 0.15) is 51.7 Å². The van der Waals surface area contributed by atoms with Crippen molar-refractivity contribution in [1.82, 2.24) is 9.80 Å². The standard InChI is InChI=1S/C23H27N3O3/c1-29-15-7-14-26-21(19-10-2-3-11-20(19)23(26)28)24-18-9-6-8-17(16-18)22(27)25-12-4-5-13-25/h2-3,6,8-11,16,21,24H,4-5,7,12-15H2,1H3/t21-/m1/s1. The maximum absolute atomic E-state index is 12.9. The zero-order chi connectivity index (χ0) is 20.2. The number of benzene rings is 2. The van der Waals surface area contributed by atoms with Crippen LogP contribution in [0.2, 0.25) is 0 Å². The van der Waals surface area contributed by atoms with Crippen LogP contribution >= 0.6 is 0 Å². The number of likely N-dealkylation sites (tertiary alicyclic amines) is 1. The molecule has 152 valence electrons. The van der Waals surface area contributed by atoms with Crippen molar-refractivity contribution in [2.24, 2.45) is 0 Å². The van der Waals surface area contributed by atoms with E-state index in [2.05, 4.69) is 5.32 Å². The number of carbonyl (C=O) groups excluding carboxylic acids is 2. The Bertz CT molecular complexity index is 892. The lowest BCUT2D eigenvalue weighted by molar-refractivity contribution is 0.0720. The Morgan fingerprint density at radius 3 is 2.72 bits per heavy atom. The van der Waals surface area contributed by atoms with Gasteiger partial charge in [0, 0.05) is 55.7 Å². The Balaban J connectivity index is 1.57. The minimum atomic E-state index is -0.257. The molecule has 2 aromatic rings. The van der Waals surface area contributed by atoms with Gasteiger partial charge in [0.15, 0.2) is 0 Å². The molecule has 0 aromatic heterocycles. The van der Waals surface area contributed by atoms with Gasteiger partial charge in [-0.2, -0.15) is 0 Å². The molecule has 2 heterocycles. The van der Waals surface area contributed by atoms with Gasteiger partial charge in [-0.3, -0.25) is 9.59 Å². The second-order valence-electron chi connectivity index (χ2n) is 7.56. The fourth-order valence-electron chi connectivity index (χ4n) is 4.14. The van der Waals surface area contributed by atoms with E-state index in [4.69, 9.17) is 4.74 Å². The van der Waals surface area contributed by atoms with E-state index in [-0.39, 0.29) is 18.0 Å². The maximum Gasteiger partial charge on any atom is 0.256 e. The molecule has 4 rings (SSSR count). The van der Waals surface area contributed by atoms with E-state index in [0.29, 0.717) is 18.7 Å². The highest BCUT2D eigenvalue weighted by atomic mass is 16.5. The summed E-state index contributed by atoms with van der Waals surface area (Å²) < 4.78 is 5.16. The molecule has 0 spiro atoms. The summed E-state index contributed by atoms with van der Waals surface area (Å²) in [4.78, 5) is 29.4. The van der Waals surface area contributed by atoms with Crippen molar-refractivity contribution in [2.45, 2.75) is 25.4 Å². The zero-order valence-corrected chi connectivity index (χ0v) is 16.8. The lowest BCUT2D eigenvalue weighted by Gasteiger charge is -2.27. The van der Waals surface area contributed by atoms with Gasteiger partial charge in [-0.25, -0.2) is 0 Å². The third-order valence-electron chi connectivity index (χ3n) is 5.61. The van der Waals surface area contributed by atoms with Crippen molar-refractivity contribution in [3.05, 3.63) is 65.2 Å². The van der Waals surface area contributed by atoms with Crippen molar-refractivity contribution >= 4 is 17.5 Å². The number of nitrogens with one attached hydrogen (secondary N) is 1. The minimum absolute atomic E-state index is 0.0264. The molecule has 1 fully saturated rings. The topological polar surface area (TPSA) is 61.9 Å². The quantitative estimate of drug-likeness (QED) is 0.731. The Kier molecular flexibility index (Phi) is 5.81. The molecule has 2 amide bonds. The first kappa shape index (κ1) is 19.5. The number of hydrogen-bond acceptors (Lipinski definition) is 4. The van der Waals surface area contributed by atoms with E-state index < -0.39 is 0 Å². The molecule has 1 N–H and O–H groups in total. The molecule has 0 radical (unpaired) electrons. The van der Waals surface area contributed by atoms with Crippen molar-refractivity contribution in [3.63, 3.8) is 0 Å². The first-order valence-corrected chi connectivity index (χ1v) is 10.2. The van der Waals surface area contributed by atoms with E-state index in [0.717, 1.165) is 49.2 Å². The monoisotopic (exact) mass is 393 g/mol. The molecule has 6 nitrogen and oxygen atoms in total. The van der Waals surface area contributed by atoms with Crippen LogP contribution in [0.15, 0.2) is 48.5 Å². The number of nitrogens with zero attached hydrogens (tertiary/aromatic N) is 2. The van der Waals surface area contributed by atoms with Crippen LogP contribution in [0.3, 0.4) is 0 Å². The molecule has 6 heteroatoms. The molecule has 1 saturated heterocycles. The molecule has 2 aromatic carbocycles. The van der Waals surface area contributed by atoms with Gasteiger partial charge in [0.1, 0.15) is 6.17 Å². The summed E-state index contributed by atoms with van der Waals surface area (Å²) in [6, 6.07) is 15.3. The van der Waals surface area contributed by atoms with E-state index in [1.54, 1.807) is 7.11 Å². The average Bonchev–Trinajstić information content (AvgIpc) is 3.37. The number of hydrogen-bond donors (Lipinski definition) is 1. The summed E-state index contributed by atoms with van der Waals surface area (Å²) in [5, 5.41) is 3.48. The van der Waals surface area contributed by atoms with Gasteiger partial charge in [0.05, 0.1) is 0 Å². The molecule has 2 aliphatic heterocycles. The third-order valence-corrected chi connectivity index (χ3v) is 5.61. The summed E-state index contributed by atoms with van der Waals surface area (Å²) in [6.45, 7) is 2.86. The molecule has 0 unspecified atom stereocenters. The van der Waals surface area contributed by atoms with E-state index >= 15 is 0 Å². The van der Waals surface area contributed by atoms with Gasteiger partial charge in [0.2, 0.25) is 0 Å². The van der Waals surface area contributed by atoms with Crippen LogP contribution in [0.5, 0.6) is 0 Å². The van der Waals surface area contributed by atoms with Crippen LogP contribution in [-0.2, 0) is 4.74 Å². The third kappa shape index (κ3) is 3.98. The van der Waals surface area contributed by atoms with Gasteiger partial charge >= 0.3 is 0 Å². The Morgan fingerprint density at radius 1 is 1.14 bits per heavy atom. The molecular weight excluding hydrogens is 366 g/mol. The number of rotatable bonds is 7. The highest BCUT2D eigenvalue weighted by Gasteiger charge is 2.36. The summed E-state index contributed by atoms with van der Waals surface area (Å²) in [7, 11) is 1.67. The van der Waals surface area contributed by atoms with E-state index in [1.165, 1.54) is 0 Å². The first-order chi connectivity index (χ1) is 14.2. The molecule has 29 heavy (non-hydrogen) atoms. The summed E-state index contributed by atoms with van der Waals surface area (Å²) in [5.74, 6) is 0.101. The summed E-state index contributed by atoms with van der Waals surface area (Å²) in [6.07, 6.45) is 2.65. The second-order valence-corrected chi connectivity index (χ2v) is 7.56. The molecule has 0 bridgehead atoms. The van der Waals surface area contributed by atoms with Crippen LogP contribution in [-0.4, -0.2) is 55.0 Å². The first-order valence-electron chi connectivity index (χ1n) is 10.2. The predicted molar refractivity (Wildman–Crippen MR) is 112 cm³/mol. The molecule has 0 saturated carbocycles. The lowest BCUT2D eigenvalue weighted by atomic mass is 10.1. The molecular formula is C23H27N3O3. The maximum atomic E-state index is 12.9. The molecule has 0 aliphatic carbocycles. The van der Waals surface area contributed by atoms with Gasteiger partial charge < -0.3 is 19.9 Å². The largest absolute Gasteiger partial charge is 0.385 e. The smallest absolute Gasteiger partial charge is 0.256 e. The Morgan fingerprint density at radius 2 is 1.93 bits per heavy atom. The van der Waals surface area contributed by atoms with Crippen LogP contribution in [0, 0.1) is 0 Å². The average molecular weight is 393 g/mol. The Hall–Kier alpha value is -2.86. The molecule has 1 atom stereocenters. The Labute approximate surface area is 171 Å². The van der Waals surface area contributed by atoms with E-state index in [1.807, 2.05) is 58.3 Å². The van der Waals surface area contributed by atoms with Crippen LogP contribution in [0.25, 0.3) is 0 Å². The van der Waals surface area contributed by atoms with Crippen molar-refractivity contribution < 1.29 is 14.3 Å². The predicted octanol–water partition coefficient (Wildman–Crippen LogP) is 3.53. The number of ether oxygens (including phenoxy) is 1. The minimum Gasteiger partial charge on any atom is -0.385 e. The number of anilines is 1. The highest BCUT2D eigenvalue weighted by molar-refractivity contribution is 5.99. The van der Waals surface area contributed by atoms with Crippen LogP contribution < -0.4 is 5.32 Å². The SMILES string of the molecule is COCCCN1C(=O)c2ccccc2[C@@H]1Nc1cccc(C(=O)N2CCCC2)c1. The fraction of sp³-hybridized carbons (Fsp3) is 0.391. The second kappa shape index (κ2) is 8.66. The van der Waals surface area contributed by atoms with Gasteiger partial charge in [-0.15, -0.1) is 0 Å². The summed E-state index contributed by atoms with van der Waals surface area (Å²) in [5.41, 5.74) is 3.21. The highest BCUT2D eigenvalue weighted by Crippen LogP contribution is 2.34. The van der Waals surface area contributed by atoms with Crippen LogP contribution in [0.4, 0.5) is 5.69 Å².